The smallest absolute Gasteiger partial charge is 0.255 e. The van der Waals surface area contributed by atoms with Gasteiger partial charge in [0.15, 0.2) is 5.78 Å². The van der Waals surface area contributed by atoms with Crippen LogP contribution in [0.4, 0.5) is 5.69 Å². The Labute approximate surface area is 183 Å². The molecule has 1 N–H and O–H groups in total. The van der Waals surface area contributed by atoms with E-state index in [-0.39, 0.29) is 17.4 Å². The average molecular weight is 430 g/mol. The molecule has 1 heterocycles. The minimum atomic E-state index is -0.196. The van der Waals surface area contributed by atoms with Crippen molar-refractivity contribution in [3.63, 3.8) is 0 Å². The van der Waals surface area contributed by atoms with Gasteiger partial charge in [-0.1, -0.05) is 48.2 Å². The van der Waals surface area contributed by atoms with Crippen LogP contribution in [-0.4, -0.2) is 37.7 Å². The van der Waals surface area contributed by atoms with Gasteiger partial charge in [0.25, 0.3) is 5.91 Å². The zero-order valence-corrected chi connectivity index (χ0v) is 17.5. The van der Waals surface area contributed by atoms with Gasteiger partial charge in [0, 0.05) is 16.8 Å². The summed E-state index contributed by atoms with van der Waals surface area (Å²) in [6, 6.07) is 23.6. The number of benzene rings is 3. The van der Waals surface area contributed by atoms with Crippen molar-refractivity contribution in [1.29, 1.82) is 0 Å². The number of hydrogen-bond acceptors (Lipinski definition) is 6. The number of para-hydroxylation sites is 1. The minimum Gasteiger partial charge on any atom is -0.322 e. The summed E-state index contributed by atoms with van der Waals surface area (Å²) in [4.78, 5) is 24.9. The van der Waals surface area contributed by atoms with E-state index in [4.69, 9.17) is 0 Å². The van der Waals surface area contributed by atoms with Crippen molar-refractivity contribution in [2.75, 3.05) is 11.1 Å². The van der Waals surface area contributed by atoms with E-state index in [1.807, 2.05) is 49.4 Å². The van der Waals surface area contributed by atoms with Crippen LogP contribution >= 0.6 is 11.8 Å². The summed E-state index contributed by atoms with van der Waals surface area (Å²) < 4.78 is 1.63. The van der Waals surface area contributed by atoms with Crippen LogP contribution in [0.15, 0.2) is 84.0 Å². The Kier molecular flexibility index (Phi) is 6.18. The molecule has 0 saturated carbocycles. The van der Waals surface area contributed by atoms with Gasteiger partial charge in [-0.3, -0.25) is 9.59 Å². The van der Waals surface area contributed by atoms with Crippen molar-refractivity contribution in [2.24, 2.45) is 0 Å². The molecule has 31 heavy (non-hydrogen) atoms. The minimum absolute atomic E-state index is 0.0507. The molecule has 0 aliphatic heterocycles. The second kappa shape index (κ2) is 9.36. The fourth-order valence-electron chi connectivity index (χ4n) is 2.97. The third-order valence-electron chi connectivity index (χ3n) is 4.62. The molecule has 7 nitrogen and oxygen atoms in total. The van der Waals surface area contributed by atoms with Gasteiger partial charge in [0.1, 0.15) is 0 Å². The number of carbonyl (C=O) groups excluding carboxylic acids is 2. The number of anilines is 1. The lowest BCUT2D eigenvalue weighted by atomic mass is 10.1. The summed E-state index contributed by atoms with van der Waals surface area (Å²) in [7, 11) is 0. The molecule has 0 saturated heterocycles. The summed E-state index contributed by atoms with van der Waals surface area (Å²) in [5.74, 6) is -0.0503. The molecule has 0 unspecified atom stereocenters. The summed E-state index contributed by atoms with van der Waals surface area (Å²) in [5, 5.41) is 15.2. The highest BCUT2D eigenvalue weighted by Gasteiger charge is 2.14. The van der Waals surface area contributed by atoms with Crippen molar-refractivity contribution in [3.8, 4) is 5.69 Å². The van der Waals surface area contributed by atoms with Gasteiger partial charge < -0.3 is 5.32 Å². The molecule has 0 bridgehead atoms. The third kappa shape index (κ3) is 4.87. The molecule has 4 aromatic rings. The van der Waals surface area contributed by atoms with E-state index in [1.54, 1.807) is 41.1 Å². The van der Waals surface area contributed by atoms with E-state index in [0.29, 0.717) is 22.0 Å². The first kappa shape index (κ1) is 20.5. The molecule has 0 aliphatic rings. The quantitative estimate of drug-likeness (QED) is 0.350. The maximum Gasteiger partial charge on any atom is 0.255 e. The number of Topliss-reactive ketones (excluding diaryl/α,β-unsaturated/α-hetero) is 1. The number of nitrogens with one attached hydrogen (secondary N) is 1. The molecule has 0 fully saturated rings. The number of ketones is 1. The molecule has 8 heteroatoms. The topological polar surface area (TPSA) is 89.8 Å². The molecule has 0 aliphatic carbocycles. The van der Waals surface area contributed by atoms with Crippen LogP contribution in [0.1, 0.15) is 26.3 Å². The van der Waals surface area contributed by atoms with E-state index in [9.17, 15) is 9.59 Å². The van der Waals surface area contributed by atoms with Gasteiger partial charge in [-0.05, 0) is 65.4 Å². The molecular formula is C23H19N5O2S. The highest BCUT2D eigenvalue weighted by Crippen LogP contribution is 2.22. The zero-order valence-electron chi connectivity index (χ0n) is 16.7. The number of rotatable bonds is 7. The lowest BCUT2D eigenvalue weighted by molar-refractivity contribution is 0.101. The molecule has 0 spiro atoms. The Morgan fingerprint density at radius 1 is 0.903 bits per heavy atom. The molecule has 4 rings (SSSR count). The van der Waals surface area contributed by atoms with Gasteiger partial charge >= 0.3 is 0 Å². The maximum absolute atomic E-state index is 12.6. The lowest BCUT2D eigenvalue weighted by Crippen LogP contribution is -2.12. The van der Waals surface area contributed by atoms with Gasteiger partial charge in [-0.25, -0.2) is 0 Å². The van der Waals surface area contributed by atoms with Gasteiger partial charge in [0.05, 0.1) is 11.4 Å². The normalized spacial score (nSPS) is 10.6. The van der Waals surface area contributed by atoms with Gasteiger partial charge in [0.2, 0.25) is 5.16 Å². The Bertz CT molecular complexity index is 1210. The molecule has 154 valence electrons. The Balaban J connectivity index is 1.39. The molecule has 0 atom stereocenters. The first-order valence-corrected chi connectivity index (χ1v) is 10.6. The molecular weight excluding hydrogens is 410 g/mol. The van der Waals surface area contributed by atoms with E-state index >= 15 is 0 Å². The summed E-state index contributed by atoms with van der Waals surface area (Å²) in [5.41, 5.74) is 3.67. The monoisotopic (exact) mass is 429 g/mol. The van der Waals surface area contributed by atoms with E-state index in [0.717, 1.165) is 11.3 Å². The Morgan fingerprint density at radius 3 is 2.35 bits per heavy atom. The Hall–Kier alpha value is -3.78. The van der Waals surface area contributed by atoms with Crippen molar-refractivity contribution < 1.29 is 9.59 Å². The highest BCUT2D eigenvalue weighted by molar-refractivity contribution is 7.99. The first-order valence-electron chi connectivity index (χ1n) is 9.58. The number of tetrazole rings is 1. The van der Waals surface area contributed by atoms with Crippen LogP contribution in [0.3, 0.4) is 0 Å². The number of aryl methyl sites for hydroxylation is 1. The van der Waals surface area contributed by atoms with Gasteiger partial charge in [-0.15, -0.1) is 5.10 Å². The predicted molar refractivity (Wildman–Crippen MR) is 120 cm³/mol. The highest BCUT2D eigenvalue weighted by atomic mass is 32.2. The second-order valence-electron chi connectivity index (χ2n) is 6.77. The van der Waals surface area contributed by atoms with E-state index in [2.05, 4.69) is 20.8 Å². The zero-order chi connectivity index (χ0) is 21.6. The Morgan fingerprint density at radius 2 is 1.61 bits per heavy atom. The number of hydrogen-bond donors (Lipinski definition) is 1. The van der Waals surface area contributed by atoms with Crippen LogP contribution in [-0.2, 0) is 0 Å². The van der Waals surface area contributed by atoms with Gasteiger partial charge in [-0.2, -0.15) is 4.68 Å². The van der Waals surface area contributed by atoms with Crippen molar-refractivity contribution in [1.82, 2.24) is 20.2 Å². The number of thioether (sulfide) groups is 1. The number of nitrogens with zero attached hydrogens (tertiary/aromatic N) is 4. The largest absolute Gasteiger partial charge is 0.322 e. The standard InChI is InChI=1S/C23H19N5O2S/c1-16-7-5-6-10-20(16)28-23(25-26-27-28)31-15-21(29)17-11-13-19(14-12-17)24-22(30)18-8-3-2-4-9-18/h2-14H,15H2,1H3,(H,24,30). The lowest BCUT2D eigenvalue weighted by Gasteiger charge is -2.08. The van der Waals surface area contributed by atoms with Crippen molar-refractivity contribution >= 4 is 29.1 Å². The van der Waals surface area contributed by atoms with Crippen molar-refractivity contribution in [3.05, 3.63) is 95.6 Å². The second-order valence-corrected chi connectivity index (χ2v) is 7.71. The number of aromatic nitrogens is 4. The molecule has 3 aromatic carbocycles. The molecule has 0 radical (unpaired) electrons. The first-order chi connectivity index (χ1) is 15.1. The molecule has 1 aromatic heterocycles. The summed E-state index contributed by atoms with van der Waals surface area (Å²) >= 11 is 1.28. The summed E-state index contributed by atoms with van der Waals surface area (Å²) in [6.07, 6.45) is 0. The van der Waals surface area contributed by atoms with E-state index < -0.39 is 0 Å². The van der Waals surface area contributed by atoms with Crippen LogP contribution in [0.5, 0.6) is 0 Å². The van der Waals surface area contributed by atoms with Crippen LogP contribution in [0, 0.1) is 6.92 Å². The molecule has 1 amide bonds. The fraction of sp³-hybridized carbons (Fsp3) is 0.0870. The maximum atomic E-state index is 12.6. The van der Waals surface area contributed by atoms with Crippen LogP contribution in [0.25, 0.3) is 5.69 Å². The van der Waals surface area contributed by atoms with Crippen LogP contribution in [0.2, 0.25) is 0 Å². The van der Waals surface area contributed by atoms with Crippen molar-refractivity contribution in [2.45, 2.75) is 12.1 Å². The third-order valence-corrected chi connectivity index (χ3v) is 5.54. The SMILES string of the molecule is Cc1ccccc1-n1nnnc1SCC(=O)c1ccc(NC(=O)c2ccccc2)cc1. The number of amides is 1. The van der Waals surface area contributed by atoms with E-state index in [1.165, 1.54) is 11.8 Å². The summed E-state index contributed by atoms with van der Waals surface area (Å²) in [6.45, 7) is 1.98. The van der Waals surface area contributed by atoms with Crippen LogP contribution < -0.4 is 5.32 Å². The fourth-order valence-corrected chi connectivity index (χ4v) is 3.75. The predicted octanol–water partition coefficient (Wildman–Crippen LogP) is 4.20. The number of carbonyl (C=O) groups is 2. The average Bonchev–Trinajstić information content (AvgIpc) is 3.27.